The third kappa shape index (κ3) is 3.99. The van der Waals surface area contributed by atoms with Crippen LogP contribution >= 0.6 is 0 Å². The molecule has 3 atom stereocenters. The van der Waals surface area contributed by atoms with E-state index in [0.717, 1.165) is 5.56 Å². The molecule has 1 heterocycles. The van der Waals surface area contributed by atoms with Gasteiger partial charge in [0, 0.05) is 11.5 Å². The molecule has 1 fully saturated rings. The van der Waals surface area contributed by atoms with Crippen molar-refractivity contribution in [2.24, 2.45) is 11.1 Å². The molecule has 2 aromatic carbocycles. The zero-order valence-electron chi connectivity index (χ0n) is 12.8. The van der Waals surface area contributed by atoms with Gasteiger partial charge in [0.05, 0.1) is 18.8 Å². The van der Waals surface area contributed by atoms with Crippen molar-refractivity contribution in [1.29, 1.82) is 0 Å². The lowest BCUT2D eigenvalue weighted by Gasteiger charge is -2.19. The molecule has 0 spiro atoms. The van der Waals surface area contributed by atoms with Gasteiger partial charge in [0.25, 0.3) is 0 Å². The van der Waals surface area contributed by atoms with Gasteiger partial charge >= 0.3 is 10.3 Å². The quantitative estimate of drug-likeness (QED) is 0.898. The van der Waals surface area contributed by atoms with Crippen LogP contribution in [0.4, 0.5) is 4.39 Å². The number of ether oxygens (including phenoxy) is 1. The third-order valence-electron chi connectivity index (χ3n) is 4.09. The Hall–Kier alpha value is -1.80. The first-order chi connectivity index (χ1) is 11.4. The predicted molar refractivity (Wildman–Crippen MR) is 86.6 cm³/mol. The lowest BCUT2D eigenvalue weighted by molar-refractivity contribution is 0.0250. The highest BCUT2D eigenvalue weighted by Crippen LogP contribution is 2.45. The van der Waals surface area contributed by atoms with Gasteiger partial charge in [-0.25, -0.2) is 9.53 Å². The Morgan fingerprint density at radius 3 is 2.46 bits per heavy atom. The van der Waals surface area contributed by atoms with E-state index in [0.29, 0.717) is 12.0 Å². The number of hydrogen-bond donors (Lipinski definition) is 1. The summed E-state index contributed by atoms with van der Waals surface area (Å²) in [5.74, 6) is -0.720. The first-order valence-electron chi connectivity index (χ1n) is 7.56. The van der Waals surface area contributed by atoms with Crippen LogP contribution in [0.3, 0.4) is 0 Å². The summed E-state index contributed by atoms with van der Waals surface area (Å²) in [5.41, 5.74) is 1.34. The van der Waals surface area contributed by atoms with Gasteiger partial charge in [-0.3, -0.25) is 4.18 Å². The summed E-state index contributed by atoms with van der Waals surface area (Å²) in [5, 5.41) is 4.91. The molecule has 1 saturated heterocycles. The summed E-state index contributed by atoms with van der Waals surface area (Å²) in [7, 11) is -4.06. The maximum Gasteiger partial charge on any atom is 0.333 e. The number of hydrogen-bond acceptors (Lipinski definition) is 4. The first-order valence-corrected chi connectivity index (χ1v) is 9.03. The van der Waals surface area contributed by atoms with Gasteiger partial charge in [-0.05, 0) is 18.1 Å². The van der Waals surface area contributed by atoms with Crippen LogP contribution in [-0.4, -0.2) is 15.0 Å². The molecule has 5 nitrogen and oxygen atoms in total. The highest BCUT2D eigenvalue weighted by Gasteiger charge is 2.38. The number of rotatable bonds is 5. The van der Waals surface area contributed by atoms with Gasteiger partial charge in [0.1, 0.15) is 5.82 Å². The van der Waals surface area contributed by atoms with Crippen molar-refractivity contribution in [2.75, 3.05) is 6.61 Å². The monoisotopic (exact) mass is 351 g/mol. The van der Waals surface area contributed by atoms with E-state index in [1.807, 2.05) is 30.3 Å². The SMILES string of the molecule is NS(=O)(=O)OC[C@@H]1CC(c2ccccc2)O[C@H]1c1ccccc1F. The largest absolute Gasteiger partial charge is 0.365 e. The molecule has 0 radical (unpaired) electrons. The second-order valence-corrected chi connectivity index (χ2v) is 6.97. The summed E-state index contributed by atoms with van der Waals surface area (Å²) in [6, 6.07) is 15.8. The average Bonchev–Trinajstić information content (AvgIpc) is 2.98. The predicted octanol–water partition coefficient (Wildman–Crippen LogP) is 2.86. The van der Waals surface area contributed by atoms with Crippen LogP contribution < -0.4 is 5.14 Å². The molecule has 1 unspecified atom stereocenters. The van der Waals surface area contributed by atoms with Crippen molar-refractivity contribution in [1.82, 2.24) is 0 Å². The maximum atomic E-state index is 14.2. The van der Waals surface area contributed by atoms with Gasteiger partial charge in [-0.1, -0.05) is 48.5 Å². The molecule has 7 heteroatoms. The highest BCUT2D eigenvalue weighted by molar-refractivity contribution is 7.84. The van der Waals surface area contributed by atoms with Crippen LogP contribution in [0.1, 0.15) is 29.8 Å². The van der Waals surface area contributed by atoms with Crippen LogP contribution in [0.25, 0.3) is 0 Å². The summed E-state index contributed by atoms with van der Waals surface area (Å²) < 4.78 is 47.1. The van der Waals surface area contributed by atoms with Gasteiger partial charge < -0.3 is 4.74 Å². The number of benzene rings is 2. The molecule has 128 valence electrons. The molecule has 1 aliphatic heterocycles. The Labute approximate surface area is 140 Å². The molecule has 0 amide bonds. The Morgan fingerprint density at radius 2 is 1.79 bits per heavy atom. The second kappa shape index (κ2) is 6.98. The summed E-state index contributed by atoms with van der Waals surface area (Å²) in [6.07, 6.45) is -0.346. The van der Waals surface area contributed by atoms with E-state index >= 15 is 0 Å². The fourth-order valence-corrected chi connectivity index (χ4v) is 3.36. The van der Waals surface area contributed by atoms with E-state index in [4.69, 9.17) is 14.1 Å². The van der Waals surface area contributed by atoms with Crippen LogP contribution in [0.5, 0.6) is 0 Å². The van der Waals surface area contributed by atoms with Crippen LogP contribution in [0.15, 0.2) is 54.6 Å². The fraction of sp³-hybridized carbons (Fsp3) is 0.294. The van der Waals surface area contributed by atoms with E-state index in [1.165, 1.54) is 6.07 Å². The average molecular weight is 351 g/mol. The number of nitrogens with two attached hydrogens (primary N) is 1. The van der Waals surface area contributed by atoms with Crippen molar-refractivity contribution in [3.8, 4) is 0 Å². The second-order valence-electron chi connectivity index (χ2n) is 5.75. The molecule has 0 aliphatic carbocycles. The normalized spacial score (nSPS) is 24.2. The molecule has 0 saturated carbocycles. The van der Waals surface area contributed by atoms with Crippen molar-refractivity contribution in [3.05, 3.63) is 71.5 Å². The molecule has 24 heavy (non-hydrogen) atoms. The van der Waals surface area contributed by atoms with Crippen molar-refractivity contribution in [3.63, 3.8) is 0 Å². The van der Waals surface area contributed by atoms with E-state index in [-0.39, 0.29) is 18.6 Å². The maximum absolute atomic E-state index is 14.2. The lowest BCUT2D eigenvalue weighted by Crippen LogP contribution is -2.22. The smallest absolute Gasteiger partial charge is 0.333 e. The molecular formula is C17H18FNO4S. The zero-order chi connectivity index (χ0) is 17.2. The van der Waals surface area contributed by atoms with Crippen molar-refractivity contribution < 1.29 is 21.7 Å². The van der Waals surface area contributed by atoms with Gasteiger partial charge in [0.15, 0.2) is 0 Å². The van der Waals surface area contributed by atoms with Gasteiger partial charge in [-0.2, -0.15) is 8.42 Å². The molecular weight excluding hydrogens is 333 g/mol. The molecule has 0 aromatic heterocycles. The summed E-state index contributed by atoms with van der Waals surface area (Å²) >= 11 is 0. The molecule has 1 aliphatic rings. The van der Waals surface area contributed by atoms with Gasteiger partial charge in [-0.15, -0.1) is 0 Å². The minimum atomic E-state index is -4.06. The Morgan fingerprint density at radius 1 is 1.12 bits per heavy atom. The fourth-order valence-electron chi connectivity index (χ4n) is 3.00. The Bertz CT molecular complexity index is 797. The molecule has 2 N–H and O–H groups in total. The molecule has 3 rings (SSSR count). The van der Waals surface area contributed by atoms with E-state index in [9.17, 15) is 12.8 Å². The standard InChI is InChI=1S/C17H18FNO4S/c18-15-9-5-4-8-14(15)17-13(11-22-24(19,20)21)10-16(23-17)12-6-2-1-3-7-12/h1-9,13,16-17H,10-11H2,(H2,19,20,21)/t13-,16?,17+/m0/s1. The van der Waals surface area contributed by atoms with Crippen LogP contribution in [0, 0.1) is 11.7 Å². The molecule has 0 bridgehead atoms. The highest BCUT2D eigenvalue weighted by atomic mass is 32.2. The zero-order valence-corrected chi connectivity index (χ0v) is 13.7. The number of halogens is 1. The summed E-state index contributed by atoms with van der Waals surface area (Å²) in [4.78, 5) is 0. The minimum Gasteiger partial charge on any atom is -0.365 e. The van der Waals surface area contributed by atoms with Crippen LogP contribution in [0.2, 0.25) is 0 Å². The van der Waals surface area contributed by atoms with Crippen molar-refractivity contribution >= 4 is 10.3 Å². The van der Waals surface area contributed by atoms with E-state index in [2.05, 4.69) is 0 Å². The topological polar surface area (TPSA) is 78.6 Å². The van der Waals surface area contributed by atoms with E-state index in [1.54, 1.807) is 18.2 Å². The Kier molecular flexibility index (Phi) is 4.96. The Balaban J connectivity index is 1.86. The van der Waals surface area contributed by atoms with Crippen LogP contribution in [-0.2, 0) is 19.2 Å². The molecule has 2 aromatic rings. The van der Waals surface area contributed by atoms with E-state index < -0.39 is 22.2 Å². The summed E-state index contributed by atoms with van der Waals surface area (Å²) in [6.45, 7) is -0.152. The third-order valence-corrected chi connectivity index (χ3v) is 4.55. The lowest BCUT2D eigenvalue weighted by atomic mass is 9.93. The van der Waals surface area contributed by atoms with Crippen molar-refractivity contribution in [2.45, 2.75) is 18.6 Å². The minimum absolute atomic E-state index is 0.152. The first kappa shape index (κ1) is 17.0. The van der Waals surface area contributed by atoms with Gasteiger partial charge in [0.2, 0.25) is 0 Å².